The van der Waals surface area contributed by atoms with Gasteiger partial charge in [-0.2, -0.15) is 0 Å². The van der Waals surface area contributed by atoms with Crippen LogP contribution in [0.2, 0.25) is 0 Å². The number of para-hydroxylation sites is 1. The van der Waals surface area contributed by atoms with Gasteiger partial charge in [0.05, 0.1) is 18.7 Å². The van der Waals surface area contributed by atoms with Crippen LogP contribution in [-0.4, -0.2) is 30.8 Å². The first-order chi connectivity index (χ1) is 9.86. The van der Waals surface area contributed by atoms with E-state index in [0.717, 1.165) is 31.6 Å². The second-order valence-corrected chi connectivity index (χ2v) is 5.02. The molecule has 0 aliphatic carbocycles. The van der Waals surface area contributed by atoms with Crippen LogP contribution in [0.1, 0.15) is 18.9 Å². The van der Waals surface area contributed by atoms with Crippen LogP contribution in [-0.2, 0) is 11.3 Å². The largest absolute Gasteiger partial charge is 0.472 e. The lowest BCUT2D eigenvalue weighted by Crippen LogP contribution is -2.17. The van der Waals surface area contributed by atoms with Crippen LogP contribution in [0, 0.1) is 0 Å². The average Bonchev–Trinajstić information content (AvgIpc) is 2.97. The van der Waals surface area contributed by atoms with Crippen LogP contribution in [0.15, 0.2) is 30.3 Å². The highest BCUT2D eigenvalue weighted by Gasteiger charge is 2.18. The van der Waals surface area contributed by atoms with E-state index in [0.29, 0.717) is 12.5 Å². The Morgan fingerprint density at radius 2 is 2.30 bits per heavy atom. The standard InChI is InChI=1S/C16H20N2O2/c1-2-17-10-12-9-16(20-13-7-8-19-11-13)18-15-6-4-3-5-14(12)15/h3-6,9,13,17H,2,7-8,10-11H2,1H3. The number of rotatable bonds is 5. The molecule has 2 heterocycles. The number of pyridine rings is 1. The average molecular weight is 272 g/mol. The topological polar surface area (TPSA) is 43.4 Å². The molecule has 0 amide bonds. The van der Waals surface area contributed by atoms with E-state index < -0.39 is 0 Å². The molecule has 1 fully saturated rings. The van der Waals surface area contributed by atoms with E-state index in [1.54, 1.807) is 0 Å². The molecule has 1 aliphatic heterocycles. The summed E-state index contributed by atoms with van der Waals surface area (Å²) in [7, 11) is 0. The van der Waals surface area contributed by atoms with Crippen molar-refractivity contribution in [3.63, 3.8) is 0 Å². The molecule has 1 N–H and O–H groups in total. The summed E-state index contributed by atoms with van der Waals surface area (Å²) in [6.45, 7) is 5.33. The third-order valence-corrected chi connectivity index (χ3v) is 3.52. The van der Waals surface area contributed by atoms with Crippen LogP contribution < -0.4 is 10.1 Å². The van der Waals surface area contributed by atoms with E-state index in [2.05, 4.69) is 23.3 Å². The van der Waals surface area contributed by atoms with Crippen molar-refractivity contribution in [2.45, 2.75) is 26.0 Å². The molecule has 0 spiro atoms. The Balaban J connectivity index is 1.91. The highest BCUT2D eigenvalue weighted by Crippen LogP contribution is 2.23. The van der Waals surface area contributed by atoms with Crippen molar-refractivity contribution in [3.05, 3.63) is 35.9 Å². The number of benzene rings is 1. The first kappa shape index (κ1) is 13.3. The van der Waals surface area contributed by atoms with Crippen molar-refractivity contribution in [1.29, 1.82) is 0 Å². The lowest BCUT2D eigenvalue weighted by molar-refractivity contribution is 0.138. The maximum Gasteiger partial charge on any atom is 0.214 e. The summed E-state index contributed by atoms with van der Waals surface area (Å²) in [4.78, 5) is 4.60. The van der Waals surface area contributed by atoms with Gasteiger partial charge in [0.15, 0.2) is 0 Å². The molecule has 0 saturated carbocycles. The van der Waals surface area contributed by atoms with Crippen molar-refractivity contribution in [2.24, 2.45) is 0 Å². The molecule has 3 rings (SSSR count). The first-order valence-corrected chi connectivity index (χ1v) is 7.20. The minimum Gasteiger partial charge on any atom is -0.472 e. The van der Waals surface area contributed by atoms with Crippen molar-refractivity contribution >= 4 is 10.9 Å². The monoisotopic (exact) mass is 272 g/mol. The Kier molecular flexibility index (Phi) is 4.14. The summed E-state index contributed by atoms with van der Waals surface area (Å²) in [5.41, 5.74) is 2.21. The number of aromatic nitrogens is 1. The Hall–Kier alpha value is -1.65. The highest BCUT2D eigenvalue weighted by molar-refractivity contribution is 5.82. The molecule has 20 heavy (non-hydrogen) atoms. The number of hydrogen-bond donors (Lipinski definition) is 1. The Morgan fingerprint density at radius 3 is 3.10 bits per heavy atom. The lowest BCUT2D eigenvalue weighted by Gasteiger charge is -2.14. The summed E-state index contributed by atoms with van der Waals surface area (Å²) in [6.07, 6.45) is 1.08. The number of nitrogens with zero attached hydrogens (tertiary/aromatic N) is 1. The van der Waals surface area contributed by atoms with E-state index >= 15 is 0 Å². The van der Waals surface area contributed by atoms with Gasteiger partial charge in [0.25, 0.3) is 0 Å². The fourth-order valence-corrected chi connectivity index (χ4v) is 2.46. The SMILES string of the molecule is CCNCc1cc(OC2CCOC2)nc2ccccc12. The van der Waals surface area contributed by atoms with Gasteiger partial charge >= 0.3 is 0 Å². The highest BCUT2D eigenvalue weighted by atomic mass is 16.5. The van der Waals surface area contributed by atoms with E-state index in [9.17, 15) is 0 Å². The van der Waals surface area contributed by atoms with Gasteiger partial charge in [-0.25, -0.2) is 4.98 Å². The van der Waals surface area contributed by atoms with Gasteiger partial charge in [-0.15, -0.1) is 0 Å². The van der Waals surface area contributed by atoms with Gasteiger partial charge in [-0.1, -0.05) is 25.1 Å². The maximum absolute atomic E-state index is 5.94. The molecule has 1 atom stereocenters. The molecular formula is C16H20N2O2. The number of nitrogens with one attached hydrogen (secondary N) is 1. The number of ether oxygens (including phenoxy) is 2. The second-order valence-electron chi connectivity index (χ2n) is 5.02. The predicted molar refractivity (Wildman–Crippen MR) is 79.0 cm³/mol. The van der Waals surface area contributed by atoms with Crippen LogP contribution in [0.3, 0.4) is 0 Å². The third-order valence-electron chi connectivity index (χ3n) is 3.52. The summed E-state index contributed by atoms with van der Waals surface area (Å²) < 4.78 is 11.3. The molecule has 0 bridgehead atoms. The molecule has 2 aromatic rings. The van der Waals surface area contributed by atoms with E-state index in [4.69, 9.17) is 9.47 Å². The Bertz CT molecular complexity index is 580. The van der Waals surface area contributed by atoms with Crippen molar-refractivity contribution in [2.75, 3.05) is 19.8 Å². The summed E-state index contributed by atoms with van der Waals surface area (Å²) in [5, 5.41) is 4.55. The summed E-state index contributed by atoms with van der Waals surface area (Å²) in [6, 6.07) is 10.2. The Labute approximate surface area is 119 Å². The summed E-state index contributed by atoms with van der Waals surface area (Å²) >= 11 is 0. The fourth-order valence-electron chi connectivity index (χ4n) is 2.46. The van der Waals surface area contributed by atoms with Crippen LogP contribution in [0.4, 0.5) is 0 Å². The zero-order chi connectivity index (χ0) is 13.8. The van der Waals surface area contributed by atoms with E-state index in [-0.39, 0.29) is 6.10 Å². The summed E-state index contributed by atoms with van der Waals surface area (Å²) in [5.74, 6) is 0.701. The van der Waals surface area contributed by atoms with Gasteiger partial charge in [0.1, 0.15) is 6.10 Å². The van der Waals surface area contributed by atoms with Gasteiger partial charge in [0.2, 0.25) is 5.88 Å². The molecule has 0 radical (unpaired) electrons. The van der Waals surface area contributed by atoms with Crippen LogP contribution in [0.5, 0.6) is 5.88 Å². The van der Waals surface area contributed by atoms with Gasteiger partial charge in [-0.05, 0) is 18.2 Å². The molecular weight excluding hydrogens is 252 g/mol. The molecule has 106 valence electrons. The first-order valence-electron chi connectivity index (χ1n) is 7.20. The quantitative estimate of drug-likeness (QED) is 0.908. The lowest BCUT2D eigenvalue weighted by atomic mass is 10.1. The minimum atomic E-state index is 0.135. The van der Waals surface area contributed by atoms with Crippen LogP contribution in [0.25, 0.3) is 10.9 Å². The zero-order valence-corrected chi connectivity index (χ0v) is 11.8. The van der Waals surface area contributed by atoms with Gasteiger partial charge in [0, 0.05) is 24.4 Å². The molecule has 1 aromatic heterocycles. The van der Waals surface area contributed by atoms with Crippen LogP contribution >= 0.6 is 0 Å². The number of hydrogen-bond acceptors (Lipinski definition) is 4. The Morgan fingerprint density at radius 1 is 1.40 bits per heavy atom. The fraction of sp³-hybridized carbons (Fsp3) is 0.438. The molecule has 4 nitrogen and oxygen atoms in total. The third kappa shape index (κ3) is 2.92. The van der Waals surface area contributed by atoms with Gasteiger partial charge < -0.3 is 14.8 Å². The van der Waals surface area contributed by atoms with Gasteiger partial charge in [-0.3, -0.25) is 0 Å². The maximum atomic E-state index is 5.94. The smallest absolute Gasteiger partial charge is 0.214 e. The van der Waals surface area contributed by atoms with Crippen molar-refractivity contribution in [1.82, 2.24) is 10.3 Å². The normalized spacial score (nSPS) is 18.6. The van der Waals surface area contributed by atoms with Crippen molar-refractivity contribution < 1.29 is 9.47 Å². The number of fused-ring (bicyclic) bond motifs is 1. The molecule has 4 heteroatoms. The molecule has 1 aromatic carbocycles. The second kappa shape index (κ2) is 6.20. The zero-order valence-electron chi connectivity index (χ0n) is 11.8. The van der Waals surface area contributed by atoms with E-state index in [1.807, 2.05) is 24.3 Å². The molecule has 1 unspecified atom stereocenters. The minimum absolute atomic E-state index is 0.135. The van der Waals surface area contributed by atoms with Crippen molar-refractivity contribution in [3.8, 4) is 5.88 Å². The van der Waals surface area contributed by atoms with E-state index in [1.165, 1.54) is 10.9 Å². The molecule has 1 saturated heterocycles. The molecule has 1 aliphatic rings. The predicted octanol–water partition coefficient (Wildman–Crippen LogP) is 2.51.